The Labute approximate surface area is 68.6 Å². The number of nitrogens with two attached hydrogens (primary N) is 1. The van der Waals surface area contributed by atoms with Gasteiger partial charge in [0, 0.05) is 13.0 Å². The number of hydrogen-bond acceptors (Lipinski definition) is 2. The Morgan fingerprint density at radius 2 is 1.91 bits per heavy atom. The van der Waals surface area contributed by atoms with E-state index in [-0.39, 0.29) is 0 Å². The lowest BCUT2D eigenvalue weighted by atomic mass is 10.1. The molecule has 0 saturated carbocycles. The van der Waals surface area contributed by atoms with Crippen LogP contribution in [-0.4, -0.2) is 17.1 Å². The van der Waals surface area contributed by atoms with Crippen LogP contribution in [0.4, 0.5) is 0 Å². The van der Waals surface area contributed by atoms with Crippen molar-refractivity contribution in [2.24, 2.45) is 5.73 Å². The van der Waals surface area contributed by atoms with Gasteiger partial charge in [-0.3, -0.25) is 4.79 Å². The minimum Gasteiger partial charge on any atom is -0.481 e. The van der Waals surface area contributed by atoms with Crippen LogP contribution < -0.4 is 5.73 Å². The molecule has 0 aliphatic carbocycles. The molecule has 1 unspecified atom stereocenters. The molecule has 11 heavy (non-hydrogen) atoms. The maximum Gasteiger partial charge on any atom is 0.300 e. The molecule has 3 heteroatoms. The summed E-state index contributed by atoms with van der Waals surface area (Å²) in [5.74, 6) is -0.833. The van der Waals surface area contributed by atoms with Crippen molar-refractivity contribution in [2.75, 3.05) is 0 Å². The van der Waals surface area contributed by atoms with Crippen molar-refractivity contribution in [3.8, 4) is 0 Å². The van der Waals surface area contributed by atoms with Crippen LogP contribution in [0.2, 0.25) is 0 Å². The highest BCUT2D eigenvalue weighted by Crippen LogP contribution is 1.95. The van der Waals surface area contributed by atoms with Gasteiger partial charge in [-0.1, -0.05) is 20.3 Å². The molecular formula is C8H19NO2. The zero-order chi connectivity index (χ0) is 9.28. The molecule has 0 amide bonds. The van der Waals surface area contributed by atoms with Gasteiger partial charge in [0.25, 0.3) is 5.97 Å². The molecule has 1 atom stereocenters. The van der Waals surface area contributed by atoms with E-state index in [0.717, 1.165) is 13.3 Å². The molecule has 0 rings (SSSR count). The van der Waals surface area contributed by atoms with E-state index in [0.29, 0.717) is 6.04 Å². The summed E-state index contributed by atoms with van der Waals surface area (Å²) in [5, 5.41) is 7.42. The van der Waals surface area contributed by atoms with Crippen molar-refractivity contribution in [2.45, 2.75) is 46.1 Å². The molecule has 0 bridgehead atoms. The summed E-state index contributed by atoms with van der Waals surface area (Å²) in [6, 6.07) is 0.449. The van der Waals surface area contributed by atoms with Crippen LogP contribution in [0.5, 0.6) is 0 Å². The molecule has 0 spiro atoms. The van der Waals surface area contributed by atoms with Crippen LogP contribution in [0, 0.1) is 0 Å². The first-order valence-electron chi connectivity index (χ1n) is 3.99. The standard InChI is InChI=1S/C6H15N.C2H4O2/c1-3-5-6(7)4-2;1-2(3)4/h6H,3-5,7H2,1-2H3;1H3,(H,3,4). The van der Waals surface area contributed by atoms with Crippen LogP contribution in [-0.2, 0) is 4.79 Å². The highest BCUT2D eigenvalue weighted by molar-refractivity contribution is 5.62. The zero-order valence-corrected chi connectivity index (χ0v) is 7.63. The molecule has 0 aliphatic rings. The number of rotatable bonds is 3. The lowest BCUT2D eigenvalue weighted by molar-refractivity contribution is -0.134. The maximum absolute atomic E-state index is 9.00. The second kappa shape index (κ2) is 9.43. The van der Waals surface area contributed by atoms with Gasteiger partial charge >= 0.3 is 0 Å². The summed E-state index contributed by atoms with van der Waals surface area (Å²) in [4.78, 5) is 9.00. The number of carboxylic acids is 1. The first-order valence-corrected chi connectivity index (χ1v) is 3.99. The lowest BCUT2D eigenvalue weighted by Crippen LogP contribution is -2.17. The smallest absolute Gasteiger partial charge is 0.300 e. The van der Waals surface area contributed by atoms with Gasteiger partial charge in [-0.25, -0.2) is 0 Å². The average molecular weight is 161 g/mol. The van der Waals surface area contributed by atoms with Gasteiger partial charge in [0.1, 0.15) is 0 Å². The van der Waals surface area contributed by atoms with Crippen molar-refractivity contribution < 1.29 is 9.90 Å². The minimum atomic E-state index is -0.833. The third-order valence-electron chi connectivity index (χ3n) is 1.18. The molecule has 0 aromatic rings. The summed E-state index contributed by atoms with van der Waals surface area (Å²) in [7, 11) is 0. The molecule has 68 valence electrons. The predicted octanol–water partition coefficient (Wildman–Crippen LogP) is 1.61. The fourth-order valence-electron chi connectivity index (χ4n) is 0.575. The van der Waals surface area contributed by atoms with Crippen molar-refractivity contribution >= 4 is 5.97 Å². The van der Waals surface area contributed by atoms with E-state index in [2.05, 4.69) is 13.8 Å². The SMILES string of the molecule is CC(=O)O.CCCC(N)CC. The van der Waals surface area contributed by atoms with E-state index in [9.17, 15) is 0 Å². The second-order valence-electron chi connectivity index (χ2n) is 2.48. The monoisotopic (exact) mass is 161 g/mol. The number of hydrogen-bond donors (Lipinski definition) is 2. The number of aliphatic carboxylic acids is 1. The van der Waals surface area contributed by atoms with E-state index in [1.165, 1.54) is 12.8 Å². The molecule has 0 fully saturated rings. The average Bonchev–Trinajstić information content (AvgIpc) is 1.87. The van der Waals surface area contributed by atoms with Gasteiger partial charge in [0.15, 0.2) is 0 Å². The number of carboxylic acid groups (broad SMARTS) is 1. The van der Waals surface area contributed by atoms with Gasteiger partial charge in [-0.15, -0.1) is 0 Å². The molecule has 0 aromatic carbocycles. The minimum absolute atomic E-state index is 0.449. The first-order chi connectivity index (χ1) is 5.04. The lowest BCUT2D eigenvalue weighted by Gasteiger charge is -2.03. The molecule has 0 saturated heterocycles. The van der Waals surface area contributed by atoms with Crippen LogP contribution in [0.3, 0.4) is 0 Å². The van der Waals surface area contributed by atoms with Crippen LogP contribution in [0.15, 0.2) is 0 Å². The van der Waals surface area contributed by atoms with Gasteiger partial charge < -0.3 is 10.8 Å². The summed E-state index contributed by atoms with van der Waals surface area (Å²) in [6.45, 7) is 5.37. The van der Waals surface area contributed by atoms with Crippen LogP contribution >= 0.6 is 0 Å². The Morgan fingerprint density at radius 3 is 2.00 bits per heavy atom. The van der Waals surface area contributed by atoms with Crippen LogP contribution in [0.1, 0.15) is 40.0 Å². The normalized spacial score (nSPS) is 11.3. The molecule has 0 aromatic heterocycles. The van der Waals surface area contributed by atoms with Gasteiger partial charge in [0.05, 0.1) is 0 Å². The molecule has 3 N–H and O–H groups in total. The fourth-order valence-corrected chi connectivity index (χ4v) is 0.575. The topological polar surface area (TPSA) is 63.3 Å². The van der Waals surface area contributed by atoms with Gasteiger partial charge in [-0.05, 0) is 12.8 Å². The quantitative estimate of drug-likeness (QED) is 0.661. The Morgan fingerprint density at radius 1 is 1.55 bits per heavy atom. The molecule has 0 aliphatic heterocycles. The summed E-state index contributed by atoms with van der Waals surface area (Å²) in [6.07, 6.45) is 3.51. The van der Waals surface area contributed by atoms with Crippen molar-refractivity contribution in [1.82, 2.24) is 0 Å². The Balaban J connectivity index is 0. The van der Waals surface area contributed by atoms with Crippen molar-refractivity contribution in [1.29, 1.82) is 0 Å². The fraction of sp³-hybridized carbons (Fsp3) is 0.875. The third-order valence-corrected chi connectivity index (χ3v) is 1.18. The maximum atomic E-state index is 9.00. The van der Waals surface area contributed by atoms with E-state index < -0.39 is 5.97 Å². The van der Waals surface area contributed by atoms with E-state index in [1.807, 2.05) is 0 Å². The second-order valence-corrected chi connectivity index (χ2v) is 2.48. The first kappa shape index (κ1) is 13.1. The van der Waals surface area contributed by atoms with E-state index in [1.54, 1.807) is 0 Å². The van der Waals surface area contributed by atoms with Gasteiger partial charge in [0.2, 0.25) is 0 Å². The highest BCUT2D eigenvalue weighted by atomic mass is 16.4. The van der Waals surface area contributed by atoms with E-state index in [4.69, 9.17) is 15.6 Å². The van der Waals surface area contributed by atoms with E-state index >= 15 is 0 Å². The molecular weight excluding hydrogens is 142 g/mol. The molecule has 0 radical (unpaired) electrons. The Kier molecular flexibility index (Phi) is 11.2. The van der Waals surface area contributed by atoms with Crippen molar-refractivity contribution in [3.05, 3.63) is 0 Å². The Hall–Kier alpha value is -0.570. The summed E-state index contributed by atoms with van der Waals surface area (Å²) >= 11 is 0. The third kappa shape index (κ3) is 26.5. The Bertz CT molecular complexity index is 90.1. The molecule has 3 nitrogen and oxygen atoms in total. The van der Waals surface area contributed by atoms with Gasteiger partial charge in [-0.2, -0.15) is 0 Å². The van der Waals surface area contributed by atoms with Crippen molar-refractivity contribution in [3.63, 3.8) is 0 Å². The van der Waals surface area contributed by atoms with Crippen LogP contribution in [0.25, 0.3) is 0 Å². The largest absolute Gasteiger partial charge is 0.481 e. The summed E-state index contributed by atoms with van der Waals surface area (Å²) < 4.78 is 0. The summed E-state index contributed by atoms with van der Waals surface area (Å²) in [5.41, 5.74) is 5.58. The highest BCUT2D eigenvalue weighted by Gasteiger charge is 1.92. The predicted molar refractivity (Wildman–Crippen MR) is 46.5 cm³/mol. The molecule has 0 heterocycles. The number of carbonyl (C=O) groups is 1. The zero-order valence-electron chi connectivity index (χ0n) is 7.63.